The number of aliphatic hydroxyl groups is 1. The predicted octanol–water partition coefficient (Wildman–Crippen LogP) is 4.50. The second kappa shape index (κ2) is 14.0. The van der Waals surface area contributed by atoms with Gasteiger partial charge in [-0.3, -0.25) is 9.69 Å². The summed E-state index contributed by atoms with van der Waals surface area (Å²) in [6.07, 6.45) is 5.64. The Morgan fingerprint density at radius 3 is 2.45 bits per heavy atom. The topological polar surface area (TPSA) is 80.3 Å². The summed E-state index contributed by atoms with van der Waals surface area (Å²) in [5, 5.41) is 12.0. The number of likely N-dealkylation sites (N-methyl/N-ethyl adjacent to an activating group) is 1. The van der Waals surface area contributed by atoms with Gasteiger partial charge in [-0.2, -0.15) is 0 Å². The van der Waals surface area contributed by atoms with Crippen molar-refractivity contribution in [1.82, 2.24) is 4.90 Å². The summed E-state index contributed by atoms with van der Waals surface area (Å²) in [7, 11) is 1.57. The maximum atomic E-state index is 12.7. The van der Waals surface area contributed by atoms with Gasteiger partial charge in [-0.05, 0) is 68.9 Å². The van der Waals surface area contributed by atoms with E-state index in [0.29, 0.717) is 48.2 Å². The van der Waals surface area contributed by atoms with Crippen molar-refractivity contribution >= 4 is 11.6 Å². The number of amides is 1. The van der Waals surface area contributed by atoms with E-state index >= 15 is 0 Å². The van der Waals surface area contributed by atoms with Gasteiger partial charge in [0.25, 0.3) is 5.91 Å². The molecule has 0 radical (unpaired) electrons. The minimum absolute atomic E-state index is 0.109. The Morgan fingerprint density at radius 1 is 1.09 bits per heavy atom. The molecule has 0 saturated carbocycles. The highest BCUT2D eigenvalue weighted by molar-refractivity contribution is 6.04. The number of carbonyl (C=O) groups excluding carboxylic acids is 1. The van der Waals surface area contributed by atoms with Crippen LogP contribution >= 0.6 is 0 Å². The minimum Gasteiger partial charge on any atom is -0.493 e. The fraction of sp³-hybridized carbons (Fsp3) is 0.346. The summed E-state index contributed by atoms with van der Waals surface area (Å²) in [5.41, 5.74) is 1.11. The Balaban J connectivity index is 2.03. The lowest BCUT2D eigenvalue weighted by molar-refractivity contribution is 0.102. The van der Waals surface area contributed by atoms with Crippen LogP contribution < -0.4 is 19.5 Å². The molecule has 7 nitrogen and oxygen atoms in total. The van der Waals surface area contributed by atoms with E-state index in [2.05, 4.69) is 10.2 Å². The van der Waals surface area contributed by atoms with Gasteiger partial charge in [0.05, 0.1) is 13.7 Å². The number of rotatable bonds is 13. The Labute approximate surface area is 196 Å². The molecule has 0 heterocycles. The van der Waals surface area contributed by atoms with Crippen LogP contribution in [0.1, 0.15) is 31.1 Å². The van der Waals surface area contributed by atoms with Gasteiger partial charge >= 0.3 is 0 Å². The average molecular weight is 455 g/mol. The highest BCUT2D eigenvalue weighted by Gasteiger charge is 2.11. The zero-order valence-corrected chi connectivity index (χ0v) is 19.8. The van der Waals surface area contributed by atoms with E-state index in [1.54, 1.807) is 49.6 Å². The van der Waals surface area contributed by atoms with Crippen molar-refractivity contribution in [2.45, 2.75) is 20.8 Å². The lowest BCUT2D eigenvalue weighted by Gasteiger charge is -2.20. The molecule has 7 heteroatoms. The normalized spacial score (nSPS) is 11.6. The number of benzene rings is 2. The third-order valence-electron chi connectivity index (χ3n) is 4.92. The number of hydrogen-bond donors (Lipinski definition) is 2. The fourth-order valence-corrected chi connectivity index (χ4v) is 3.09. The first-order valence-electron chi connectivity index (χ1n) is 11.1. The zero-order valence-electron chi connectivity index (χ0n) is 19.8. The molecule has 0 unspecified atom stereocenters. The van der Waals surface area contributed by atoms with Crippen molar-refractivity contribution in [1.29, 1.82) is 0 Å². The van der Waals surface area contributed by atoms with Gasteiger partial charge in [0.1, 0.15) is 18.1 Å². The molecule has 0 bridgehead atoms. The van der Waals surface area contributed by atoms with Gasteiger partial charge in [0.15, 0.2) is 11.5 Å². The van der Waals surface area contributed by atoms with Crippen LogP contribution in [0.5, 0.6) is 17.2 Å². The molecule has 1 amide bonds. The van der Waals surface area contributed by atoms with E-state index in [-0.39, 0.29) is 12.5 Å². The third kappa shape index (κ3) is 8.29. The molecule has 0 aliphatic rings. The molecule has 0 fully saturated rings. The third-order valence-corrected chi connectivity index (χ3v) is 4.92. The van der Waals surface area contributed by atoms with Crippen LogP contribution in [0, 0.1) is 0 Å². The quantitative estimate of drug-likeness (QED) is 0.343. The Hall–Kier alpha value is -3.29. The number of anilines is 1. The highest BCUT2D eigenvalue weighted by Crippen LogP contribution is 2.30. The molecule has 0 aromatic heterocycles. The zero-order chi connectivity index (χ0) is 24.1. The van der Waals surface area contributed by atoms with Crippen molar-refractivity contribution in [3.05, 3.63) is 72.0 Å². The van der Waals surface area contributed by atoms with Crippen molar-refractivity contribution in [2.24, 2.45) is 0 Å². The van der Waals surface area contributed by atoms with E-state index in [1.807, 2.05) is 39.0 Å². The molecule has 178 valence electrons. The second-order valence-corrected chi connectivity index (χ2v) is 7.14. The summed E-state index contributed by atoms with van der Waals surface area (Å²) >= 11 is 0. The van der Waals surface area contributed by atoms with E-state index in [4.69, 9.17) is 19.3 Å². The molecule has 0 spiro atoms. The number of carbonyl (C=O) groups is 1. The van der Waals surface area contributed by atoms with E-state index in [9.17, 15) is 4.79 Å². The number of aliphatic hydroxyl groups excluding tert-OH is 1. The van der Waals surface area contributed by atoms with Crippen molar-refractivity contribution in [2.75, 3.05) is 45.3 Å². The van der Waals surface area contributed by atoms with Crippen LogP contribution in [0.15, 0.2) is 66.5 Å². The molecular weight excluding hydrogens is 420 g/mol. The van der Waals surface area contributed by atoms with E-state index in [0.717, 1.165) is 12.3 Å². The molecule has 0 aliphatic heterocycles. The number of nitrogens with zero attached hydrogens (tertiary/aromatic N) is 1. The Morgan fingerprint density at radius 2 is 1.85 bits per heavy atom. The molecule has 2 aromatic rings. The fourth-order valence-electron chi connectivity index (χ4n) is 3.09. The first kappa shape index (κ1) is 26.0. The van der Waals surface area contributed by atoms with Gasteiger partial charge in [0.2, 0.25) is 0 Å². The SMILES string of the molecule is C/C=C\C(=C/C)Oc1ccc(C(=O)Nc2ccc(OC)c(OCCN(CC)CCO)c2)cc1. The monoisotopic (exact) mass is 454 g/mol. The van der Waals surface area contributed by atoms with E-state index < -0.39 is 0 Å². The lowest BCUT2D eigenvalue weighted by Crippen LogP contribution is -2.30. The van der Waals surface area contributed by atoms with Gasteiger partial charge in [-0.25, -0.2) is 0 Å². The first-order chi connectivity index (χ1) is 16.0. The number of ether oxygens (including phenoxy) is 3. The van der Waals surface area contributed by atoms with E-state index in [1.165, 1.54) is 0 Å². The Kier molecular flexibility index (Phi) is 11.0. The molecule has 2 N–H and O–H groups in total. The van der Waals surface area contributed by atoms with Crippen molar-refractivity contribution in [3.8, 4) is 17.2 Å². The van der Waals surface area contributed by atoms with Gasteiger partial charge in [-0.1, -0.05) is 13.0 Å². The molecular formula is C26H34N2O5. The number of allylic oxidation sites excluding steroid dienone is 3. The summed E-state index contributed by atoms with van der Waals surface area (Å²) in [4.78, 5) is 14.8. The number of methoxy groups -OCH3 is 1. The van der Waals surface area contributed by atoms with Crippen LogP contribution in [0.25, 0.3) is 0 Å². The molecule has 2 aromatic carbocycles. The van der Waals surface area contributed by atoms with Crippen LogP contribution in [0.4, 0.5) is 5.69 Å². The van der Waals surface area contributed by atoms with Crippen LogP contribution in [-0.2, 0) is 0 Å². The lowest BCUT2D eigenvalue weighted by atomic mass is 10.2. The Bertz CT molecular complexity index is 938. The smallest absolute Gasteiger partial charge is 0.255 e. The minimum atomic E-state index is -0.238. The largest absolute Gasteiger partial charge is 0.493 e. The van der Waals surface area contributed by atoms with Crippen LogP contribution in [0.3, 0.4) is 0 Å². The van der Waals surface area contributed by atoms with Crippen LogP contribution in [0.2, 0.25) is 0 Å². The number of hydrogen-bond acceptors (Lipinski definition) is 6. The maximum Gasteiger partial charge on any atom is 0.255 e. The summed E-state index contributed by atoms with van der Waals surface area (Å²) in [6, 6.07) is 12.2. The van der Waals surface area contributed by atoms with Gasteiger partial charge in [-0.15, -0.1) is 0 Å². The van der Waals surface area contributed by atoms with Crippen molar-refractivity contribution < 1.29 is 24.1 Å². The van der Waals surface area contributed by atoms with Gasteiger partial charge in [0, 0.05) is 30.4 Å². The van der Waals surface area contributed by atoms with Gasteiger partial charge < -0.3 is 24.6 Å². The summed E-state index contributed by atoms with van der Waals surface area (Å²) in [5.74, 6) is 2.28. The highest BCUT2D eigenvalue weighted by atomic mass is 16.5. The second-order valence-electron chi connectivity index (χ2n) is 7.14. The molecule has 2 rings (SSSR count). The van der Waals surface area contributed by atoms with Crippen LogP contribution in [-0.4, -0.2) is 55.9 Å². The first-order valence-corrected chi connectivity index (χ1v) is 11.1. The molecule has 33 heavy (non-hydrogen) atoms. The summed E-state index contributed by atoms with van der Waals surface area (Å²) < 4.78 is 17.0. The number of nitrogens with one attached hydrogen (secondary N) is 1. The molecule has 0 aliphatic carbocycles. The average Bonchev–Trinajstić information content (AvgIpc) is 2.83. The molecule has 0 atom stereocenters. The summed E-state index contributed by atoms with van der Waals surface area (Å²) in [6.45, 7) is 8.50. The maximum absolute atomic E-state index is 12.7. The van der Waals surface area contributed by atoms with Crippen molar-refractivity contribution in [3.63, 3.8) is 0 Å². The predicted molar refractivity (Wildman–Crippen MR) is 131 cm³/mol. The molecule has 0 saturated heterocycles. The standard InChI is InChI=1S/C26H34N2O5/c1-5-8-22(6-2)33-23-12-9-20(10-13-23)26(30)27-21-11-14-24(31-4)25(19-21)32-18-16-28(7-3)15-17-29/h5-6,8-14,19,29H,7,15-18H2,1-4H3,(H,27,30)/b8-5-,22-6+.